The van der Waals surface area contributed by atoms with Gasteiger partial charge in [0.05, 0.1) is 0 Å². The lowest BCUT2D eigenvalue weighted by Crippen LogP contribution is -2.44. The summed E-state index contributed by atoms with van der Waals surface area (Å²) in [7, 11) is -3.98. The molecule has 1 heterocycles. The van der Waals surface area contributed by atoms with Crippen molar-refractivity contribution in [3.8, 4) is 0 Å². The Kier molecular flexibility index (Phi) is 5.25. The monoisotopic (exact) mass is 403 g/mol. The standard InChI is InChI=1S/C20H22FN3O3S/c1-14(25)22-12-20(2,3)13-24(16-7-5-4-6-8-16)19-17-10-9-15(21)11-18(17)28(26,27)23-19/h4-11H,12-13H2,1-3H3,(H,22,25). The first-order valence-corrected chi connectivity index (χ1v) is 10.2. The Morgan fingerprint density at radius 3 is 2.50 bits per heavy atom. The lowest BCUT2D eigenvalue weighted by molar-refractivity contribution is -0.119. The molecule has 0 saturated heterocycles. The van der Waals surface area contributed by atoms with Crippen LogP contribution in [0.4, 0.5) is 10.1 Å². The zero-order valence-corrected chi connectivity index (χ0v) is 16.8. The van der Waals surface area contributed by atoms with Gasteiger partial charge in [-0.2, -0.15) is 8.42 Å². The van der Waals surface area contributed by atoms with Gasteiger partial charge in [0.15, 0.2) is 5.84 Å². The van der Waals surface area contributed by atoms with E-state index in [2.05, 4.69) is 9.71 Å². The molecule has 0 atom stereocenters. The fourth-order valence-corrected chi connectivity index (χ4v) is 4.27. The van der Waals surface area contributed by atoms with Gasteiger partial charge in [0, 0.05) is 36.7 Å². The summed E-state index contributed by atoms with van der Waals surface area (Å²) in [5.41, 5.74) is 0.724. The topological polar surface area (TPSA) is 78.8 Å². The second-order valence-corrected chi connectivity index (χ2v) is 9.10. The van der Waals surface area contributed by atoms with Gasteiger partial charge in [0.2, 0.25) is 5.91 Å². The minimum atomic E-state index is -3.98. The zero-order chi connectivity index (χ0) is 20.5. The third kappa shape index (κ3) is 4.22. The van der Waals surface area contributed by atoms with E-state index in [0.717, 1.165) is 11.8 Å². The number of halogens is 1. The average molecular weight is 403 g/mol. The maximum atomic E-state index is 13.6. The predicted molar refractivity (Wildman–Crippen MR) is 106 cm³/mol. The highest BCUT2D eigenvalue weighted by molar-refractivity contribution is 7.90. The molecule has 0 radical (unpaired) electrons. The maximum absolute atomic E-state index is 13.6. The number of hydrogen-bond acceptors (Lipinski definition) is 4. The number of anilines is 1. The van der Waals surface area contributed by atoms with E-state index in [1.165, 1.54) is 19.1 Å². The Hall–Kier alpha value is -2.74. The molecule has 0 fully saturated rings. The molecule has 0 bridgehead atoms. The van der Waals surface area contributed by atoms with Crippen molar-refractivity contribution in [1.29, 1.82) is 0 Å². The zero-order valence-electron chi connectivity index (χ0n) is 15.9. The third-order valence-electron chi connectivity index (χ3n) is 4.39. The van der Waals surface area contributed by atoms with Gasteiger partial charge in [0.1, 0.15) is 10.7 Å². The highest BCUT2D eigenvalue weighted by Crippen LogP contribution is 2.32. The van der Waals surface area contributed by atoms with Crippen LogP contribution in [0.5, 0.6) is 0 Å². The first-order chi connectivity index (χ1) is 13.1. The fourth-order valence-electron chi connectivity index (χ4n) is 3.05. The van der Waals surface area contributed by atoms with Crippen LogP contribution in [0.25, 0.3) is 0 Å². The fraction of sp³-hybridized carbons (Fsp3) is 0.300. The summed E-state index contributed by atoms with van der Waals surface area (Å²) in [5, 5.41) is 2.80. The van der Waals surface area contributed by atoms with E-state index in [1.54, 1.807) is 4.90 Å². The van der Waals surface area contributed by atoms with Gasteiger partial charge in [-0.3, -0.25) is 4.79 Å². The third-order valence-corrected chi connectivity index (χ3v) is 5.70. The number of benzene rings is 2. The molecule has 1 aliphatic rings. The number of fused-ring (bicyclic) bond motifs is 1. The number of carbonyl (C=O) groups excluding carboxylic acids is 1. The van der Waals surface area contributed by atoms with Crippen molar-refractivity contribution >= 4 is 27.5 Å². The van der Waals surface area contributed by atoms with Crippen LogP contribution < -0.4 is 10.2 Å². The largest absolute Gasteiger partial charge is 0.356 e. The summed E-state index contributed by atoms with van der Waals surface area (Å²) in [6.45, 7) is 6.18. The molecule has 0 spiro atoms. The number of sulfonamides is 1. The van der Waals surface area contributed by atoms with Crippen molar-refractivity contribution in [2.45, 2.75) is 25.7 Å². The van der Waals surface area contributed by atoms with E-state index < -0.39 is 21.3 Å². The molecule has 0 aromatic heterocycles. The molecular weight excluding hydrogens is 381 g/mol. The van der Waals surface area contributed by atoms with Crippen molar-refractivity contribution in [1.82, 2.24) is 5.32 Å². The molecular formula is C20H22FN3O3S. The number of para-hydroxylation sites is 1. The Labute approximate surface area is 164 Å². The second-order valence-electron chi connectivity index (χ2n) is 7.53. The number of rotatable bonds is 5. The Bertz CT molecular complexity index is 1030. The lowest BCUT2D eigenvalue weighted by Gasteiger charge is -2.34. The van der Waals surface area contributed by atoms with Crippen LogP contribution in [0.15, 0.2) is 57.8 Å². The Morgan fingerprint density at radius 1 is 1.18 bits per heavy atom. The summed E-state index contributed by atoms with van der Waals surface area (Å²) in [6.07, 6.45) is 0. The Balaban J connectivity index is 2.06. The van der Waals surface area contributed by atoms with Crippen LogP contribution in [0.3, 0.4) is 0 Å². The second kappa shape index (κ2) is 7.35. The first-order valence-electron chi connectivity index (χ1n) is 8.81. The molecule has 1 N–H and O–H groups in total. The summed E-state index contributed by atoms with van der Waals surface area (Å²) >= 11 is 0. The molecule has 0 unspecified atom stereocenters. The van der Waals surface area contributed by atoms with Crippen molar-refractivity contribution in [3.63, 3.8) is 0 Å². The van der Waals surface area contributed by atoms with Crippen molar-refractivity contribution < 1.29 is 17.6 Å². The van der Waals surface area contributed by atoms with Gasteiger partial charge in [-0.25, -0.2) is 4.39 Å². The molecule has 1 aliphatic heterocycles. The van der Waals surface area contributed by atoms with Crippen LogP contribution in [0.2, 0.25) is 0 Å². The van der Waals surface area contributed by atoms with E-state index >= 15 is 0 Å². The van der Waals surface area contributed by atoms with Crippen LogP contribution in [0.1, 0.15) is 26.3 Å². The quantitative estimate of drug-likeness (QED) is 0.833. The Morgan fingerprint density at radius 2 is 1.86 bits per heavy atom. The van der Waals surface area contributed by atoms with Crippen LogP contribution in [0, 0.1) is 11.2 Å². The van der Waals surface area contributed by atoms with Crippen molar-refractivity contribution in [2.24, 2.45) is 9.81 Å². The van der Waals surface area contributed by atoms with Crippen LogP contribution >= 0.6 is 0 Å². The minimum absolute atomic E-state index is 0.136. The summed E-state index contributed by atoms with van der Waals surface area (Å²) in [5.74, 6) is -0.519. The SMILES string of the molecule is CC(=O)NCC(C)(C)CN(C1=NS(=O)(=O)c2cc(F)ccc21)c1ccccc1. The van der Waals surface area contributed by atoms with Gasteiger partial charge in [-0.1, -0.05) is 32.0 Å². The smallest absolute Gasteiger partial charge is 0.285 e. The molecule has 0 aliphatic carbocycles. The van der Waals surface area contributed by atoms with E-state index in [1.807, 2.05) is 44.2 Å². The minimum Gasteiger partial charge on any atom is -0.356 e. The van der Waals surface area contributed by atoms with Crippen molar-refractivity contribution in [2.75, 3.05) is 18.0 Å². The normalized spacial score (nSPS) is 14.9. The molecule has 8 heteroatoms. The summed E-state index contributed by atoms with van der Waals surface area (Å²) in [6, 6.07) is 12.9. The average Bonchev–Trinajstić information content (AvgIpc) is 2.89. The van der Waals surface area contributed by atoms with Gasteiger partial charge in [0.25, 0.3) is 10.0 Å². The summed E-state index contributed by atoms with van der Waals surface area (Å²) < 4.78 is 42.6. The van der Waals surface area contributed by atoms with Gasteiger partial charge in [-0.15, -0.1) is 4.40 Å². The molecule has 28 heavy (non-hydrogen) atoms. The van der Waals surface area contributed by atoms with Crippen molar-refractivity contribution in [3.05, 3.63) is 59.9 Å². The molecule has 6 nitrogen and oxygen atoms in total. The molecule has 0 saturated carbocycles. The number of amides is 1. The van der Waals surface area contributed by atoms with E-state index in [9.17, 15) is 17.6 Å². The maximum Gasteiger partial charge on any atom is 0.285 e. The van der Waals surface area contributed by atoms with Crippen LogP contribution in [-0.4, -0.2) is 33.3 Å². The van der Waals surface area contributed by atoms with Gasteiger partial charge < -0.3 is 10.2 Å². The molecule has 3 rings (SSSR count). The molecule has 2 aromatic rings. The molecule has 148 valence electrons. The number of carbonyl (C=O) groups is 1. The molecule has 1 amide bonds. The van der Waals surface area contributed by atoms with E-state index in [4.69, 9.17) is 0 Å². The number of amidine groups is 1. The van der Waals surface area contributed by atoms with E-state index in [0.29, 0.717) is 18.7 Å². The summed E-state index contributed by atoms with van der Waals surface area (Å²) in [4.78, 5) is 13.0. The predicted octanol–water partition coefficient (Wildman–Crippen LogP) is 2.94. The number of nitrogens with one attached hydrogen (secondary N) is 1. The van der Waals surface area contributed by atoms with Crippen LogP contribution in [-0.2, 0) is 14.8 Å². The number of nitrogens with zero attached hydrogens (tertiary/aromatic N) is 2. The van der Waals surface area contributed by atoms with Gasteiger partial charge in [-0.05, 0) is 30.3 Å². The highest BCUT2D eigenvalue weighted by atomic mass is 32.2. The van der Waals surface area contributed by atoms with Gasteiger partial charge >= 0.3 is 0 Å². The van der Waals surface area contributed by atoms with E-state index in [-0.39, 0.29) is 16.6 Å². The molecule has 2 aromatic carbocycles. The highest BCUT2D eigenvalue weighted by Gasteiger charge is 2.35. The number of hydrogen-bond donors (Lipinski definition) is 1. The lowest BCUT2D eigenvalue weighted by atomic mass is 9.92. The first kappa shape index (κ1) is 20.0.